The molecule has 0 bridgehead atoms. The van der Waals surface area contributed by atoms with Crippen molar-refractivity contribution in [3.05, 3.63) is 10.4 Å². The van der Waals surface area contributed by atoms with Gasteiger partial charge >= 0.3 is 12.1 Å². The van der Waals surface area contributed by atoms with Crippen LogP contribution in [0, 0.1) is 0 Å². The minimum atomic E-state index is -0.728. The average Bonchev–Trinajstić information content (AvgIpc) is 2.89. The van der Waals surface area contributed by atoms with Crippen LogP contribution in [0.4, 0.5) is 4.79 Å². The number of carbonyl (C=O) groups excluding carboxylic acids is 4. The van der Waals surface area contributed by atoms with Gasteiger partial charge in [0.15, 0.2) is 0 Å². The van der Waals surface area contributed by atoms with Crippen LogP contribution in [0.1, 0.15) is 65.7 Å². The number of amides is 3. The molecule has 1 aliphatic rings. The number of hydroxylamine groups is 2. The number of hydrogen-bond donors (Lipinski definition) is 1. The van der Waals surface area contributed by atoms with E-state index in [0.717, 1.165) is 0 Å². The van der Waals surface area contributed by atoms with E-state index in [1.807, 2.05) is 0 Å². The average molecular weight is 397 g/mol. The number of carbonyl (C=O) groups is 4. The summed E-state index contributed by atoms with van der Waals surface area (Å²) in [5.74, 6) is -1.81. The highest BCUT2D eigenvalue weighted by Gasteiger charge is 2.32. The Kier molecular flexibility index (Phi) is 9.23. The zero-order chi connectivity index (χ0) is 21.2. The van der Waals surface area contributed by atoms with E-state index in [-0.39, 0.29) is 25.7 Å². The van der Waals surface area contributed by atoms with Crippen LogP contribution in [-0.4, -0.2) is 47.1 Å². The molecule has 1 N–H and O–H groups in total. The van der Waals surface area contributed by atoms with Gasteiger partial charge in [0.25, 0.3) is 11.8 Å². The van der Waals surface area contributed by atoms with Gasteiger partial charge in [0.2, 0.25) is 0 Å². The van der Waals surface area contributed by atoms with Gasteiger partial charge in [0.05, 0.1) is 0 Å². The molecule has 28 heavy (non-hydrogen) atoms. The second-order valence-corrected chi connectivity index (χ2v) is 7.37. The SMILES string of the molecule is CC(C)(C)OC(=O)NCCCC[C@@H](CCC(=O)ON1C(=O)CCC1=O)N=[N+]=[N-]. The van der Waals surface area contributed by atoms with Crippen LogP contribution < -0.4 is 5.32 Å². The van der Waals surface area contributed by atoms with E-state index < -0.39 is 35.5 Å². The summed E-state index contributed by atoms with van der Waals surface area (Å²) in [6, 6.07) is -0.427. The van der Waals surface area contributed by atoms with Crippen molar-refractivity contribution in [1.29, 1.82) is 0 Å². The van der Waals surface area contributed by atoms with Gasteiger partial charge in [0, 0.05) is 36.8 Å². The summed E-state index contributed by atoms with van der Waals surface area (Å²) in [6.45, 7) is 5.74. The number of imide groups is 1. The molecule has 11 nitrogen and oxygen atoms in total. The zero-order valence-electron chi connectivity index (χ0n) is 16.5. The van der Waals surface area contributed by atoms with Crippen molar-refractivity contribution in [2.24, 2.45) is 5.11 Å². The Morgan fingerprint density at radius 3 is 2.43 bits per heavy atom. The zero-order valence-corrected chi connectivity index (χ0v) is 16.5. The molecule has 1 heterocycles. The summed E-state index contributed by atoms with van der Waals surface area (Å²) in [5.41, 5.74) is 8.10. The fourth-order valence-electron chi connectivity index (χ4n) is 2.43. The number of nitrogens with one attached hydrogen (secondary N) is 1. The van der Waals surface area contributed by atoms with Crippen molar-refractivity contribution >= 4 is 23.9 Å². The Bertz CT molecular complexity index is 622. The molecule has 0 aromatic carbocycles. The summed E-state index contributed by atoms with van der Waals surface area (Å²) in [4.78, 5) is 53.7. The second kappa shape index (κ2) is 11.1. The Labute approximate surface area is 163 Å². The van der Waals surface area contributed by atoms with E-state index >= 15 is 0 Å². The maximum absolute atomic E-state index is 11.8. The van der Waals surface area contributed by atoms with Crippen molar-refractivity contribution in [2.45, 2.75) is 77.4 Å². The van der Waals surface area contributed by atoms with Crippen LogP contribution in [0.25, 0.3) is 10.4 Å². The van der Waals surface area contributed by atoms with E-state index in [1.165, 1.54) is 0 Å². The quantitative estimate of drug-likeness (QED) is 0.197. The number of alkyl carbamates (subject to hydrolysis) is 1. The van der Waals surface area contributed by atoms with Crippen LogP contribution in [0.2, 0.25) is 0 Å². The van der Waals surface area contributed by atoms with Crippen LogP contribution >= 0.6 is 0 Å². The lowest BCUT2D eigenvalue weighted by molar-refractivity contribution is -0.197. The highest BCUT2D eigenvalue weighted by Crippen LogP contribution is 2.15. The fourth-order valence-corrected chi connectivity index (χ4v) is 2.43. The van der Waals surface area contributed by atoms with Crippen LogP contribution in [0.15, 0.2) is 5.11 Å². The summed E-state index contributed by atoms with van der Waals surface area (Å²) >= 11 is 0. The highest BCUT2D eigenvalue weighted by molar-refractivity contribution is 6.01. The van der Waals surface area contributed by atoms with Gasteiger partial charge in [-0.05, 0) is 45.6 Å². The fraction of sp³-hybridized carbons (Fsp3) is 0.765. The molecule has 0 unspecified atom stereocenters. The van der Waals surface area contributed by atoms with Crippen molar-refractivity contribution in [3.8, 4) is 0 Å². The number of rotatable bonds is 10. The normalized spacial score (nSPS) is 15.0. The number of hydrogen-bond acceptors (Lipinski definition) is 7. The monoisotopic (exact) mass is 397 g/mol. The van der Waals surface area contributed by atoms with Crippen molar-refractivity contribution in [3.63, 3.8) is 0 Å². The van der Waals surface area contributed by atoms with Crippen molar-refractivity contribution < 1.29 is 28.8 Å². The largest absolute Gasteiger partial charge is 0.444 e. The highest BCUT2D eigenvalue weighted by atomic mass is 16.7. The summed E-state index contributed by atoms with van der Waals surface area (Å²) in [7, 11) is 0. The molecule has 1 aliphatic heterocycles. The standard InChI is InChI=1S/C17H27N5O6/c1-17(2,3)27-16(26)19-11-5-4-6-12(20-21-18)7-10-15(25)28-22-13(23)8-9-14(22)24/h12H,4-11H2,1-3H3,(H,19,26)/t12-/m0/s1. The third-order valence-corrected chi connectivity index (χ3v) is 3.73. The Hall–Kier alpha value is -2.81. The lowest BCUT2D eigenvalue weighted by Gasteiger charge is -2.19. The summed E-state index contributed by atoms with van der Waals surface area (Å²) < 4.78 is 5.12. The van der Waals surface area contributed by atoms with Gasteiger partial charge in [0.1, 0.15) is 5.60 Å². The third kappa shape index (κ3) is 9.22. The molecular formula is C17H27N5O6. The van der Waals surface area contributed by atoms with Gasteiger partial charge in [-0.3, -0.25) is 9.59 Å². The topological polar surface area (TPSA) is 151 Å². The lowest BCUT2D eigenvalue weighted by Crippen LogP contribution is -2.33. The van der Waals surface area contributed by atoms with Gasteiger partial charge in [-0.2, -0.15) is 0 Å². The number of azide groups is 1. The number of nitrogens with zero attached hydrogens (tertiary/aromatic N) is 4. The molecule has 0 aromatic heterocycles. The number of ether oxygens (including phenoxy) is 1. The molecule has 0 radical (unpaired) electrons. The maximum Gasteiger partial charge on any atom is 0.407 e. The smallest absolute Gasteiger partial charge is 0.407 e. The molecule has 1 saturated heterocycles. The predicted octanol–water partition coefficient (Wildman–Crippen LogP) is 2.75. The molecule has 0 saturated carbocycles. The van der Waals surface area contributed by atoms with Crippen molar-refractivity contribution in [2.75, 3.05) is 6.54 Å². The molecule has 0 spiro atoms. The first kappa shape index (κ1) is 23.2. The minimum Gasteiger partial charge on any atom is -0.444 e. The summed E-state index contributed by atoms with van der Waals surface area (Å²) in [5, 5.41) is 6.78. The van der Waals surface area contributed by atoms with Gasteiger partial charge in [-0.15, -0.1) is 5.06 Å². The first-order valence-electron chi connectivity index (χ1n) is 9.20. The summed E-state index contributed by atoms with van der Waals surface area (Å²) in [6.07, 6.45) is 1.56. The second-order valence-electron chi connectivity index (χ2n) is 7.37. The predicted molar refractivity (Wildman–Crippen MR) is 97.4 cm³/mol. The molecule has 1 fully saturated rings. The number of unbranched alkanes of at least 4 members (excludes halogenated alkanes) is 1. The van der Waals surface area contributed by atoms with Gasteiger partial charge < -0.3 is 14.9 Å². The van der Waals surface area contributed by atoms with Crippen LogP contribution in [0.5, 0.6) is 0 Å². The molecule has 0 aromatic rings. The first-order valence-corrected chi connectivity index (χ1v) is 9.20. The molecule has 156 valence electrons. The van der Waals surface area contributed by atoms with Gasteiger partial charge in [-0.25, -0.2) is 9.59 Å². The third-order valence-electron chi connectivity index (χ3n) is 3.73. The van der Waals surface area contributed by atoms with Crippen molar-refractivity contribution in [1.82, 2.24) is 10.4 Å². The van der Waals surface area contributed by atoms with E-state index in [2.05, 4.69) is 15.3 Å². The Balaban J connectivity index is 2.27. The Morgan fingerprint density at radius 2 is 1.86 bits per heavy atom. The van der Waals surface area contributed by atoms with E-state index in [0.29, 0.717) is 30.9 Å². The van der Waals surface area contributed by atoms with E-state index in [4.69, 9.17) is 15.1 Å². The minimum absolute atomic E-state index is 0.0325. The molecule has 11 heteroatoms. The van der Waals surface area contributed by atoms with E-state index in [9.17, 15) is 19.2 Å². The molecule has 3 amide bonds. The first-order chi connectivity index (χ1) is 13.1. The molecule has 1 atom stereocenters. The molecular weight excluding hydrogens is 370 g/mol. The molecule has 0 aliphatic carbocycles. The van der Waals surface area contributed by atoms with Crippen LogP contribution in [0.3, 0.4) is 0 Å². The van der Waals surface area contributed by atoms with Gasteiger partial charge in [-0.1, -0.05) is 11.5 Å². The maximum atomic E-state index is 11.8. The lowest BCUT2D eigenvalue weighted by atomic mass is 10.1. The molecule has 1 rings (SSSR count). The Morgan fingerprint density at radius 1 is 1.21 bits per heavy atom. The van der Waals surface area contributed by atoms with Crippen LogP contribution in [-0.2, 0) is 24.0 Å². The van der Waals surface area contributed by atoms with E-state index in [1.54, 1.807) is 20.8 Å².